The number of benzene rings is 1. The fourth-order valence-electron chi connectivity index (χ4n) is 2.52. The highest BCUT2D eigenvalue weighted by molar-refractivity contribution is 5.91. The molecule has 2 aromatic rings. The second-order valence-electron chi connectivity index (χ2n) is 5.01. The summed E-state index contributed by atoms with van der Waals surface area (Å²) in [5.74, 6) is 0.155. The molecule has 2 N–H and O–H groups in total. The van der Waals surface area contributed by atoms with Gasteiger partial charge in [0, 0.05) is 35.8 Å². The van der Waals surface area contributed by atoms with Crippen LogP contribution in [0.5, 0.6) is 0 Å². The van der Waals surface area contributed by atoms with Gasteiger partial charge in [0.1, 0.15) is 0 Å². The maximum atomic E-state index is 11.2. The first kappa shape index (κ1) is 12.0. The Bertz CT molecular complexity index is 624. The average Bonchev–Trinajstić information content (AvgIpc) is 2.81. The van der Waals surface area contributed by atoms with Gasteiger partial charge in [-0.25, -0.2) is 0 Å². The van der Waals surface area contributed by atoms with Crippen molar-refractivity contribution < 1.29 is 4.79 Å². The van der Waals surface area contributed by atoms with Crippen molar-refractivity contribution in [2.45, 2.75) is 25.8 Å². The summed E-state index contributed by atoms with van der Waals surface area (Å²) in [6.07, 6.45) is 1.55. The van der Waals surface area contributed by atoms with Crippen LogP contribution in [0.1, 0.15) is 18.5 Å². The van der Waals surface area contributed by atoms with E-state index in [0.29, 0.717) is 6.42 Å². The molecule has 0 saturated carbocycles. The van der Waals surface area contributed by atoms with Crippen molar-refractivity contribution >= 4 is 22.5 Å². The molecule has 2 heterocycles. The Morgan fingerprint density at radius 2 is 2.26 bits per heavy atom. The number of pyridine rings is 1. The molecule has 4 heteroatoms. The second kappa shape index (κ2) is 4.88. The van der Waals surface area contributed by atoms with Crippen LogP contribution < -0.4 is 10.6 Å². The standard InChI is InChI=1S/C15H17N3O/c1-10-8-14(12-4-2-3-5-13(12)17-10)16-9-11-6-7-15(19)18-11/h2-5,8,11H,6-7,9H2,1H3,(H,16,17)(H,18,19). The SMILES string of the molecule is Cc1cc(NCC2CCC(=O)N2)c2ccccc2n1. The Kier molecular flexibility index (Phi) is 3.07. The van der Waals surface area contributed by atoms with Gasteiger partial charge in [-0.15, -0.1) is 0 Å². The van der Waals surface area contributed by atoms with Gasteiger partial charge in [-0.1, -0.05) is 18.2 Å². The topological polar surface area (TPSA) is 54.0 Å². The minimum absolute atomic E-state index is 0.155. The highest BCUT2D eigenvalue weighted by Crippen LogP contribution is 2.23. The number of hydrogen-bond acceptors (Lipinski definition) is 3. The van der Waals surface area contributed by atoms with Crippen LogP contribution in [-0.4, -0.2) is 23.5 Å². The summed E-state index contributed by atoms with van der Waals surface area (Å²) in [4.78, 5) is 15.7. The van der Waals surface area contributed by atoms with Gasteiger partial charge in [0.25, 0.3) is 0 Å². The number of anilines is 1. The van der Waals surface area contributed by atoms with Crippen molar-refractivity contribution in [2.24, 2.45) is 0 Å². The highest BCUT2D eigenvalue weighted by atomic mass is 16.1. The summed E-state index contributed by atoms with van der Waals surface area (Å²) in [6.45, 7) is 2.76. The van der Waals surface area contributed by atoms with E-state index in [1.807, 2.05) is 25.1 Å². The zero-order valence-electron chi connectivity index (χ0n) is 10.9. The predicted molar refractivity (Wildman–Crippen MR) is 76.1 cm³/mol. The fourth-order valence-corrected chi connectivity index (χ4v) is 2.52. The third kappa shape index (κ3) is 2.52. The third-order valence-corrected chi connectivity index (χ3v) is 3.47. The van der Waals surface area contributed by atoms with Crippen LogP contribution in [0, 0.1) is 6.92 Å². The van der Waals surface area contributed by atoms with Crippen molar-refractivity contribution in [1.82, 2.24) is 10.3 Å². The number of carbonyl (C=O) groups is 1. The van der Waals surface area contributed by atoms with Crippen molar-refractivity contribution in [1.29, 1.82) is 0 Å². The first-order valence-electron chi connectivity index (χ1n) is 6.62. The maximum absolute atomic E-state index is 11.2. The number of nitrogens with zero attached hydrogens (tertiary/aromatic N) is 1. The number of carbonyl (C=O) groups excluding carboxylic acids is 1. The summed E-state index contributed by atoms with van der Waals surface area (Å²) in [6, 6.07) is 10.4. The van der Waals surface area contributed by atoms with Gasteiger partial charge in [-0.2, -0.15) is 0 Å². The number of aryl methyl sites for hydroxylation is 1. The molecule has 98 valence electrons. The first-order chi connectivity index (χ1) is 9.22. The molecule has 19 heavy (non-hydrogen) atoms. The smallest absolute Gasteiger partial charge is 0.220 e. The lowest BCUT2D eigenvalue weighted by Crippen LogP contribution is -2.31. The lowest BCUT2D eigenvalue weighted by molar-refractivity contribution is -0.119. The molecular formula is C15H17N3O. The molecule has 1 atom stereocenters. The van der Waals surface area contributed by atoms with Gasteiger partial charge in [0.15, 0.2) is 0 Å². The maximum Gasteiger partial charge on any atom is 0.220 e. The van der Waals surface area contributed by atoms with Crippen molar-refractivity contribution in [3.63, 3.8) is 0 Å². The number of fused-ring (bicyclic) bond motifs is 1. The Morgan fingerprint density at radius 1 is 1.42 bits per heavy atom. The first-order valence-corrected chi connectivity index (χ1v) is 6.62. The van der Waals surface area contributed by atoms with E-state index in [2.05, 4.69) is 27.8 Å². The van der Waals surface area contributed by atoms with Crippen molar-refractivity contribution in [3.8, 4) is 0 Å². The van der Waals surface area contributed by atoms with E-state index in [0.717, 1.165) is 35.2 Å². The van der Waals surface area contributed by atoms with Gasteiger partial charge in [-0.05, 0) is 25.5 Å². The number of amides is 1. The molecule has 3 rings (SSSR count). The van der Waals surface area contributed by atoms with Crippen LogP contribution >= 0.6 is 0 Å². The largest absolute Gasteiger partial charge is 0.382 e. The van der Waals surface area contributed by atoms with Gasteiger partial charge < -0.3 is 10.6 Å². The molecule has 1 amide bonds. The molecule has 0 aliphatic carbocycles. The molecule has 1 unspecified atom stereocenters. The van der Waals surface area contributed by atoms with Gasteiger partial charge in [0.2, 0.25) is 5.91 Å². The van der Waals surface area contributed by atoms with Crippen molar-refractivity contribution in [2.75, 3.05) is 11.9 Å². The van der Waals surface area contributed by atoms with Crippen molar-refractivity contribution in [3.05, 3.63) is 36.0 Å². The van der Waals surface area contributed by atoms with Crippen LogP contribution in [-0.2, 0) is 4.79 Å². The summed E-state index contributed by atoms with van der Waals surface area (Å²) in [5, 5.41) is 7.53. The van der Waals surface area contributed by atoms with E-state index in [-0.39, 0.29) is 11.9 Å². The number of rotatable bonds is 3. The molecule has 1 aromatic carbocycles. The molecule has 1 aliphatic rings. The molecule has 1 aliphatic heterocycles. The lowest BCUT2D eigenvalue weighted by atomic mass is 10.1. The van der Waals surface area contributed by atoms with Gasteiger partial charge in [-0.3, -0.25) is 9.78 Å². The van der Waals surface area contributed by atoms with Crippen LogP contribution in [0.25, 0.3) is 10.9 Å². The van der Waals surface area contributed by atoms with E-state index in [1.54, 1.807) is 0 Å². The summed E-state index contributed by atoms with van der Waals surface area (Å²) >= 11 is 0. The van der Waals surface area contributed by atoms with Crippen LogP contribution in [0.4, 0.5) is 5.69 Å². The van der Waals surface area contributed by atoms with E-state index in [4.69, 9.17) is 0 Å². The number of nitrogens with one attached hydrogen (secondary N) is 2. The average molecular weight is 255 g/mol. The normalized spacial score (nSPS) is 18.6. The third-order valence-electron chi connectivity index (χ3n) is 3.47. The minimum Gasteiger partial charge on any atom is -0.382 e. The Balaban J connectivity index is 1.82. The molecule has 0 bridgehead atoms. The zero-order valence-corrected chi connectivity index (χ0v) is 10.9. The Labute approximate surface area is 112 Å². The monoisotopic (exact) mass is 255 g/mol. The molecule has 1 saturated heterocycles. The zero-order chi connectivity index (χ0) is 13.2. The number of aromatic nitrogens is 1. The Morgan fingerprint density at radius 3 is 3.05 bits per heavy atom. The number of para-hydroxylation sites is 1. The van der Waals surface area contributed by atoms with E-state index < -0.39 is 0 Å². The molecule has 0 spiro atoms. The second-order valence-corrected chi connectivity index (χ2v) is 5.01. The molecule has 1 aromatic heterocycles. The summed E-state index contributed by atoms with van der Waals surface area (Å²) in [5.41, 5.74) is 3.08. The summed E-state index contributed by atoms with van der Waals surface area (Å²) < 4.78 is 0. The van der Waals surface area contributed by atoms with Crippen LogP contribution in [0.2, 0.25) is 0 Å². The molecular weight excluding hydrogens is 238 g/mol. The predicted octanol–water partition coefficient (Wildman–Crippen LogP) is 2.23. The molecule has 1 fully saturated rings. The Hall–Kier alpha value is -2.10. The minimum atomic E-state index is 0.155. The van der Waals surface area contributed by atoms with E-state index in [9.17, 15) is 4.79 Å². The van der Waals surface area contributed by atoms with E-state index in [1.165, 1.54) is 0 Å². The van der Waals surface area contributed by atoms with E-state index >= 15 is 0 Å². The number of hydrogen-bond donors (Lipinski definition) is 2. The van der Waals surface area contributed by atoms with Crippen LogP contribution in [0.3, 0.4) is 0 Å². The lowest BCUT2D eigenvalue weighted by Gasteiger charge is -2.14. The molecule has 4 nitrogen and oxygen atoms in total. The highest BCUT2D eigenvalue weighted by Gasteiger charge is 2.20. The molecule has 0 radical (unpaired) electrons. The van der Waals surface area contributed by atoms with Crippen LogP contribution in [0.15, 0.2) is 30.3 Å². The quantitative estimate of drug-likeness (QED) is 0.884. The van der Waals surface area contributed by atoms with Gasteiger partial charge >= 0.3 is 0 Å². The fraction of sp³-hybridized carbons (Fsp3) is 0.333. The van der Waals surface area contributed by atoms with Gasteiger partial charge in [0.05, 0.1) is 5.52 Å². The summed E-state index contributed by atoms with van der Waals surface area (Å²) in [7, 11) is 0.